The Kier molecular flexibility index (Phi) is 4.80. The van der Waals surface area contributed by atoms with E-state index in [0.29, 0.717) is 13.2 Å². The van der Waals surface area contributed by atoms with Crippen molar-refractivity contribution in [1.29, 1.82) is 0 Å². The van der Waals surface area contributed by atoms with E-state index in [2.05, 4.69) is 5.16 Å². The lowest BCUT2D eigenvalue weighted by molar-refractivity contribution is -0.0233. The summed E-state index contributed by atoms with van der Waals surface area (Å²) in [5.74, 6) is 0.210. The number of likely N-dealkylation sites (tertiary alicyclic amines) is 1. The average Bonchev–Trinajstić information content (AvgIpc) is 2.61. The van der Waals surface area contributed by atoms with Crippen molar-refractivity contribution >= 4 is 5.84 Å². The van der Waals surface area contributed by atoms with Crippen molar-refractivity contribution in [3.05, 3.63) is 0 Å². The number of nitrogens with two attached hydrogens (primary N) is 1. The molecule has 1 saturated heterocycles. The predicted octanol–water partition coefficient (Wildman–Crippen LogP) is -0.531. The third-order valence-electron chi connectivity index (χ3n) is 2.49. The Morgan fingerprint density at radius 2 is 2.20 bits per heavy atom. The number of nitrogens with zero attached hydrogens (tertiary/aromatic N) is 2. The van der Waals surface area contributed by atoms with Crippen molar-refractivity contribution in [3.63, 3.8) is 0 Å². The minimum absolute atomic E-state index is 0.0662. The first kappa shape index (κ1) is 12.2. The maximum atomic E-state index is 8.46. The van der Waals surface area contributed by atoms with Crippen molar-refractivity contribution < 1.29 is 14.7 Å². The van der Waals surface area contributed by atoms with Gasteiger partial charge >= 0.3 is 0 Å². The molecule has 1 aliphatic rings. The molecule has 15 heavy (non-hydrogen) atoms. The quantitative estimate of drug-likeness (QED) is 0.280. The molecule has 3 N–H and O–H groups in total. The Balaban J connectivity index is 2.45. The van der Waals surface area contributed by atoms with E-state index in [1.54, 1.807) is 7.11 Å². The molecule has 1 rings (SSSR count). The van der Waals surface area contributed by atoms with E-state index in [0.717, 1.165) is 13.1 Å². The molecule has 88 valence electrons. The lowest BCUT2D eigenvalue weighted by atomic mass is 10.2. The van der Waals surface area contributed by atoms with E-state index in [9.17, 15) is 0 Å². The van der Waals surface area contributed by atoms with Crippen LogP contribution in [-0.2, 0) is 9.47 Å². The minimum Gasteiger partial charge on any atom is -0.409 e. The highest BCUT2D eigenvalue weighted by Crippen LogP contribution is 2.15. The van der Waals surface area contributed by atoms with Crippen LogP contribution in [0.3, 0.4) is 0 Å². The van der Waals surface area contributed by atoms with Gasteiger partial charge in [-0.05, 0) is 6.92 Å². The van der Waals surface area contributed by atoms with E-state index in [1.165, 1.54) is 0 Å². The molecule has 0 bridgehead atoms. The van der Waals surface area contributed by atoms with Crippen LogP contribution in [0.4, 0.5) is 0 Å². The zero-order chi connectivity index (χ0) is 11.3. The first-order valence-corrected chi connectivity index (χ1v) is 5.04. The molecule has 1 aliphatic heterocycles. The third kappa shape index (κ3) is 3.33. The van der Waals surface area contributed by atoms with Gasteiger partial charge in [-0.25, -0.2) is 0 Å². The summed E-state index contributed by atoms with van der Waals surface area (Å²) in [6.45, 7) is 4.57. The fraction of sp³-hybridized carbons (Fsp3) is 0.889. The Morgan fingerprint density at radius 1 is 1.53 bits per heavy atom. The summed E-state index contributed by atoms with van der Waals surface area (Å²) in [5, 5.41) is 11.4. The average molecular weight is 217 g/mol. The van der Waals surface area contributed by atoms with Gasteiger partial charge in [-0.2, -0.15) is 0 Å². The standard InChI is InChI=1S/C9H19N3O3/c1-3-15-8-5-12(4-7(8)14-2)6-9(10)11-13/h7-8,13H,3-6H2,1-2H3,(H2,10,11)/t7-,8+/m1/s1. The molecule has 0 unspecified atom stereocenters. The summed E-state index contributed by atoms with van der Waals surface area (Å²) in [6.07, 6.45) is 0.142. The highest BCUT2D eigenvalue weighted by Gasteiger charge is 2.33. The van der Waals surface area contributed by atoms with Crippen LogP contribution in [0.2, 0.25) is 0 Å². The van der Waals surface area contributed by atoms with Gasteiger partial charge in [0.25, 0.3) is 0 Å². The topological polar surface area (TPSA) is 80.3 Å². The van der Waals surface area contributed by atoms with Crippen LogP contribution in [0.15, 0.2) is 5.16 Å². The molecule has 1 heterocycles. The van der Waals surface area contributed by atoms with Gasteiger partial charge in [0.05, 0.1) is 18.8 Å². The molecule has 0 aliphatic carbocycles. The number of oxime groups is 1. The maximum Gasteiger partial charge on any atom is 0.153 e. The van der Waals surface area contributed by atoms with E-state index in [4.69, 9.17) is 20.4 Å². The lowest BCUT2D eigenvalue weighted by Crippen LogP contribution is -2.33. The fourth-order valence-corrected chi connectivity index (χ4v) is 1.81. The molecule has 0 aromatic rings. The van der Waals surface area contributed by atoms with Crippen molar-refractivity contribution in [3.8, 4) is 0 Å². The van der Waals surface area contributed by atoms with Gasteiger partial charge in [-0.15, -0.1) is 0 Å². The van der Waals surface area contributed by atoms with Gasteiger partial charge in [-0.1, -0.05) is 5.16 Å². The highest BCUT2D eigenvalue weighted by molar-refractivity contribution is 5.81. The molecular weight excluding hydrogens is 198 g/mol. The zero-order valence-electron chi connectivity index (χ0n) is 9.22. The molecule has 0 amide bonds. The first-order valence-electron chi connectivity index (χ1n) is 5.04. The van der Waals surface area contributed by atoms with E-state index in [-0.39, 0.29) is 18.0 Å². The van der Waals surface area contributed by atoms with Crippen molar-refractivity contribution in [2.24, 2.45) is 10.9 Å². The number of hydrogen-bond acceptors (Lipinski definition) is 5. The van der Waals surface area contributed by atoms with Crippen LogP contribution >= 0.6 is 0 Å². The van der Waals surface area contributed by atoms with Gasteiger partial charge in [0.15, 0.2) is 5.84 Å². The summed E-state index contributed by atoms with van der Waals surface area (Å²) >= 11 is 0. The van der Waals surface area contributed by atoms with Gasteiger partial charge in [0, 0.05) is 26.8 Å². The van der Waals surface area contributed by atoms with Crippen molar-refractivity contribution in [2.75, 3.05) is 33.4 Å². The second kappa shape index (κ2) is 5.89. The maximum absolute atomic E-state index is 8.46. The van der Waals surface area contributed by atoms with Crippen molar-refractivity contribution in [1.82, 2.24) is 4.90 Å². The van der Waals surface area contributed by atoms with Crippen molar-refractivity contribution in [2.45, 2.75) is 19.1 Å². The molecule has 0 aromatic heterocycles. The van der Waals surface area contributed by atoms with Gasteiger partial charge in [0.2, 0.25) is 0 Å². The summed E-state index contributed by atoms with van der Waals surface area (Å²) in [6, 6.07) is 0. The van der Waals surface area contributed by atoms with Crippen LogP contribution in [0.5, 0.6) is 0 Å². The normalized spacial score (nSPS) is 28.5. The second-order valence-electron chi connectivity index (χ2n) is 3.55. The molecule has 0 aromatic carbocycles. The highest BCUT2D eigenvalue weighted by atomic mass is 16.5. The Hall–Kier alpha value is -0.850. The number of ether oxygens (including phenoxy) is 2. The van der Waals surface area contributed by atoms with Crippen LogP contribution in [-0.4, -0.2) is 61.5 Å². The summed E-state index contributed by atoms with van der Waals surface area (Å²) < 4.78 is 10.9. The Labute approximate surface area is 89.6 Å². The Morgan fingerprint density at radius 3 is 2.73 bits per heavy atom. The van der Waals surface area contributed by atoms with Crippen LogP contribution < -0.4 is 5.73 Å². The largest absolute Gasteiger partial charge is 0.409 e. The van der Waals surface area contributed by atoms with Gasteiger partial charge in [0.1, 0.15) is 0 Å². The summed E-state index contributed by atoms with van der Waals surface area (Å²) in [5.41, 5.74) is 5.44. The molecular formula is C9H19N3O3. The Bertz CT molecular complexity index is 223. The third-order valence-corrected chi connectivity index (χ3v) is 2.49. The number of hydrogen-bond donors (Lipinski definition) is 2. The first-order chi connectivity index (χ1) is 7.21. The van der Waals surface area contributed by atoms with Gasteiger partial charge in [-0.3, -0.25) is 4.90 Å². The molecule has 6 heteroatoms. The summed E-state index contributed by atoms with van der Waals surface area (Å²) in [4.78, 5) is 2.05. The molecule has 0 radical (unpaired) electrons. The monoisotopic (exact) mass is 217 g/mol. The van der Waals surface area contributed by atoms with Crippen LogP contribution in [0.25, 0.3) is 0 Å². The molecule has 0 saturated carbocycles. The fourth-order valence-electron chi connectivity index (χ4n) is 1.81. The lowest BCUT2D eigenvalue weighted by Gasteiger charge is -2.16. The molecule has 0 spiro atoms. The van der Waals surface area contributed by atoms with E-state index in [1.807, 2.05) is 11.8 Å². The smallest absolute Gasteiger partial charge is 0.153 e. The van der Waals surface area contributed by atoms with E-state index >= 15 is 0 Å². The molecule has 6 nitrogen and oxygen atoms in total. The molecule has 1 fully saturated rings. The van der Waals surface area contributed by atoms with E-state index < -0.39 is 0 Å². The predicted molar refractivity (Wildman–Crippen MR) is 56.1 cm³/mol. The second-order valence-corrected chi connectivity index (χ2v) is 3.55. The SMILES string of the molecule is CCO[C@H]1CN(CC(N)=NO)C[C@H]1OC. The molecule has 2 atom stereocenters. The summed E-state index contributed by atoms with van der Waals surface area (Å²) in [7, 11) is 1.67. The minimum atomic E-state index is 0.0662. The van der Waals surface area contributed by atoms with Crippen LogP contribution in [0.1, 0.15) is 6.92 Å². The number of rotatable bonds is 5. The van der Waals surface area contributed by atoms with Crippen LogP contribution in [0, 0.1) is 0 Å². The zero-order valence-corrected chi connectivity index (χ0v) is 9.22. The number of methoxy groups -OCH3 is 1. The van der Waals surface area contributed by atoms with Gasteiger partial charge < -0.3 is 20.4 Å². The number of amidine groups is 1.